The smallest absolute Gasteiger partial charge is 0.228 e. The number of benzene rings is 1. The summed E-state index contributed by atoms with van der Waals surface area (Å²) in [6.45, 7) is 5.32. The van der Waals surface area contributed by atoms with Gasteiger partial charge in [0.1, 0.15) is 5.75 Å². The first-order valence-electron chi connectivity index (χ1n) is 7.39. The molecule has 0 spiro atoms. The third-order valence-electron chi connectivity index (χ3n) is 5.35. The molecule has 0 bridgehead atoms. The molecule has 1 saturated carbocycles. The summed E-state index contributed by atoms with van der Waals surface area (Å²) in [5.41, 5.74) is -0.985. The second kappa shape index (κ2) is 5.63. The van der Waals surface area contributed by atoms with Gasteiger partial charge in [-0.3, -0.25) is 4.79 Å². The third kappa shape index (κ3) is 2.56. The molecule has 0 radical (unpaired) electrons. The lowest BCUT2D eigenvalue weighted by atomic mass is 9.65. The van der Waals surface area contributed by atoms with Crippen molar-refractivity contribution in [1.82, 2.24) is 0 Å². The average molecular weight is 304 g/mol. The van der Waals surface area contributed by atoms with Crippen molar-refractivity contribution in [2.24, 2.45) is 16.7 Å². The standard InChI is InChI=1S/C17H23NO4/c1-16(2)13(9-10-17(16,3)15(20)21)14(19)18-11-5-7-12(22-4)8-6-11/h5-8,13H,9-10H2,1-4H3,(H,18,19)(H,20,21)/p-1. The van der Waals surface area contributed by atoms with E-state index in [9.17, 15) is 14.7 Å². The number of hydrogen-bond acceptors (Lipinski definition) is 4. The van der Waals surface area contributed by atoms with Crippen molar-refractivity contribution in [3.8, 4) is 5.75 Å². The van der Waals surface area contributed by atoms with E-state index in [1.165, 1.54) is 0 Å². The molecular formula is C17H22NO4-. The number of carbonyl (C=O) groups excluding carboxylic acids is 2. The van der Waals surface area contributed by atoms with Crippen molar-refractivity contribution in [3.63, 3.8) is 0 Å². The number of nitrogens with one attached hydrogen (secondary N) is 1. The molecule has 22 heavy (non-hydrogen) atoms. The Morgan fingerprint density at radius 1 is 1.23 bits per heavy atom. The van der Waals surface area contributed by atoms with Crippen LogP contribution in [-0.2, 0) is 9.59 Å². The Labute approximate surface area is 130 Å². The molecule has 1 fully saturated rings. The molecule has 5 heteroatoms. The highest BCUT2D eigenvalue weighted by molar-refractivity contribution is 5.94. The second-order valence-electron chi connectivity index (χ2n) is 6.65. The summed E-state index contributed by atoms with van der Waals surface area (Å²) in [5, 5.41) is 14.3. The molecule has 0 heterocycles. The number of rotatable bonds is 4. The van der Waals surface area contributed by atoms with Gasteiger partial charge in [0.2, 0.25) is 5.91 Å². The summed E-state index contributed by atoms with van der Waals surface area (Å²) in [4.78, 5) is 24.0. The first-order chi connectivity index (χ1) is 10.2. The largest absolute Gasteiger partial charge is 0.550 e. The van der Waals surface area contributed by atoms with Crippen molar-refractivity contribution >= 4 is 17.6 Å². The first-order valence-corrected chi connectivity index (χ1v) is 7.39. The van der Waals surface area contributed by atoms with Crippen LogP contribution < -0.4 is 15.2 Å². The molecule has 0 aliphatic heterocycles. The molecule has 0 saturated heterocycles. The Balaban J connectivity index is 2.14. The summed E-state index contributed by atoms with van der Waals surface area (Å²) in [6, 6.07) is 7.05. The SMILES string of the molecule is COc1ccc(NC(=O)C2CCC(C)(C(=O)[O-])C2(C)C)cc1. The van der Waals surface area contributed by atoms with Gasteiger partial charge < -0.3 is 20.0 Å². The Hall–Kier alpha value is -2.04. The van der Waals surface area contributed by atoms with Crippen molar-refractivity contribution in [2.45, 2.75) is 33.6 Å². The molecule has 1 N–H and O–H groups in total. The van der Waals surface area contributed by atoms with Crippen LogP contribution in [0.3, 0.4) is 0 Å². The Morgan fingerprint density at radius 3 is 2.27 bits per heavy atom. The van der Waals surface area contributed by atoms with Crippen LogP contribution in [0.2, 0.25) is 0 Å². The summed E-state index contributed by atoms with van der Waals surface area (Å²) < 4.78 is 5.08. The zero-order valence-corrected chi connectivity index (χ0v) is 13.4. The van der Waals surface area contributed by atoms with Gasteiger partial charge in [-0.25, -0.2) is 0 Å². The van der Waals surface area contributed by atoms with Crippen LogP contribution >= 0.6 is 0 Å². The van der Waals surface area contributed by atoms with E-state index in [0.717, 1.165) is 0 Å². The molecule has 1 aromatic carbocycles. The van der Waals surface area contributed by atoms with Crippen LogP contribution in [0.4, 0.5) is 5.69 Å². The molecule has 2 rings (SSSR count). The number of carboxylic acid groups (broad SMARTS) is 1. The highest BCUT2D eigenvalue weighted by Crippen LogP contribution is 2.55. The number of carboxylic acids is 1. The lowest BCUT2D eigenvalue weighted by molar-refractivity contribution is -0.323. The van der Waals surface area contributed by atoms with Crippen LogP contribution in [0.5, 0.6) is 5.75 Å². The normalized spacial score (nSPS) is 26.5. The first kappa shape index (κ1) is 16.3. The van der Waals surface area contributed by atoms with Crippen molar-refractivity contribution in [1.29, 1.82) is 0 Å². The fourth-order valence-electron chi connectivity index (χ4n) is 3.23. The van der Waals surface area contributed by atoms with Gasteiger partial charge in [0.05, 0.1) is 7.11 Å². The summed E-state index contributed by atoms with van der Waals surface area (Å²) >= 11 is 0. The van der Waals surface area contributed by atoms with E-state index in [1.807, 2.05) is 13.8 Å². The molecular weight excluding hydrogens is 282 g/mol. The molecule has 2 atom stereocenters. The van der Waals surface area contributed by atoms with Crippen LogP contribution in [0.15, 0.2) is 24.3 Å². The molecule has 120 valence electrons. The number of ether oxygens (including phenoxy) is 1. The molecule has 1 aliphatic carbocycles. The van der Waals surface area contributed by atoms with Crippen molar-refractivity contribution < 1.29 is 19.4 Å². The van der Waals surface area contributed by atoms with Crippen LogP contribution in [0.1, 0.15) is 33.6 Å². The van der Waals surface area contributed by atoms with Gasteiger partial charge >= 0.3 is 0 Å². The van der Waals surface area contributed by atoms with Gasteiger partial charge in [-0.15, -0.1) is 0 Å². The van der Waals surface area contributed by atoms with Gasteiger partial charge in [0.25, 0.3) is 0 Å². The predicted molar refractivity (Wildman–Crippen MR) is 81.2 cm³/mol. The molecule has 1 aromatic rings. The fourth-order valence-corrected chi connectivity index (χ4v) is 3.23. The minimum Gasteiger partial charge on any atom is -0.550 e. The Kier molecular flexibility index (Phi) is 4.18. The average Bonchev–Trinajstić information content (AvgIpc) is 2.71. The van der Waals surface area contributed by atoms with Gasteiger partial charge in [-0.1, -0.05) is 20.8 Å². The van der Waals surface area contributed by atoms with Crippen molar-refractivity contribution in [2.75, 3.05) is 12.4 Å². The number of aliphatic carboxylic acids is 1. The summed E-state index contributed by atoms with van der Waals surface area (Å²) in [5.74, 6) is -0.890. The highest BCUT2D eigenvalue weighted by Gasteiger charge is 2.54. The topological polar surface area (TPSA) is 78.5 Å². The summed E-state index contributed by atoms with van der Waals surface area (Å²) in [6.07, 6.45) is 0.989. The van der Waals surface area contributed by atoms with Gasteiger partial charge in [-0.2, -0.15) is 0 Å². The molecule has 5 nitrogen and oxygen atoms in total. The maximum Gasteiger partial charge on any atom is 0.228 e. The minimum absolute atomic E-state index is 0.153. The maximum atomic E-state index is 12.5. The highest BCUT2D eigenvalue weighted by atomic mass is 16.5. The molecule has 1 aliphatic rings. The zero-order chi connectivity index (χ0) is 16.5. The zero-order valence-electron chi connectivity index (χ0n) is 13.4. The molecule has 1 amide bonds. The summed E-state index contributed by atoms with van der Waals surface area (Å²) in [7, 11) is 1.58. The Bertz CT molecular complexity index is 579. The van der Waals surface area contributed by atoms with Crippen LogP contribution in [0.25, 0.3) is 0 Å². The van der Waals surface area contributed by atoms with E-state index in [2.05, 4.69) is 5.32 Å². The number of hydrogen-bond donors (Lipinski definition) is 1. The van der Waals surface area contributed by atoms with E-state index in [1.54, 1.807) is 38.3 Å². The van der Waals surface area contributed by atoms with Crippen molar-refractivity contribution in [3.05, 3.63) is 24.3 Å². The number of anilines is 1. The van der Waals surface area contributed by atoms with E-state index < -0.39 is 16.8 Å². The van der Waals surface area contributed by atoms with E-state index >= 15 is 0 Å². The fraction of sp³-hybridized carbons (Fsp3) is 0.529. The lowest BCUT2D eigenvalue weighted by Crippen LogP contribution is -2.49. The predicted octanol–water partition coefficient (Wildman–Crippen LogP) is 1.83. The monoisotopic (exact) mass is 304 g/mol. The molecule has 2 unspecified atom stereocenters. The minimum atomic E-state index is -1.09. The Morgan fingerprint density at radius 2 is 1.82 bits per heavy atom. The maximum absolute atomic E-state index is 12.5. The van der Waals surface area contributed by atoms with Gasteiger partial charge in [0, 0.05) is 23.0 Å². The quantitative estimate of drug-likeness (QED) is 0.920. The lowest BCUT2D eigenvalue weighted by Gasteiger charge is -2.41. The van der Waals surface area contributed by atoms with Gasteiger partial charge in [0.15, 0.2) is 0 Å². The van der Waals surface area contributed by atoms with E-state index in [4.69, 9.17) is 4.74 Å². The van der Waals surface area contributed by atoms with E-state index in [0.29, 0.717) is 24.3 Å². The number of amides is 1. The molecule has 0 aromatic heterocycles. The number of methoxy groups -OCH3 is 1. The van der Waals surface area contributed by atoms with Gasteiger partial charge in [-0.05, 0) is 42.5 Å². The van der Waals surface area contributed by atoms with E-state index in [-0.39, 0.29) is 11.8 Å². The van der Waals surface area contributed by atoms with Crippen LogP contribution in [0, 0.1) is 16.7 Å². The second-order valence-corrected chi connectivity index (χ2v) is 6.65. The third-order valence-corrected chi connectivity index (χ3v) is 5.35. The number of carbonyl (C=O) groups is 2. The van der Waals surface area contributed by atoms with Crippen LogP contribution in [-0.4, -0.2) is 19.0 Å².